The second-order valence-corrected chi connectivity index (χ2v) is 8.39. The van der Waals surface area contributed by atoms with Crippen molar-refractivity contribution in [3.8, 4) is 0 Å². The van der Waals surface area contributed by atoms with Gasteiger partial charge >= 0.3 is 0 Å². The number of nitrogens with one attached hydrogen (secondary N) is 1. The molecular weight excluding hydrogens is 322 g/mol. The van der Waals surface area contributed by atoms with E-state index < -0.39 is 5.92 Å². The molecule has 1 N–H and O–H groups in total. The van der Waals surface area contributed by atoms with Crippen molar-refractivity contribution in [2.24, 2.45) is 11.3 Å². The largest absolute Gasteiger partial charge is 0.352 e. The van der Waals surface area contributed by atoms with E-state index in [0.29, 0.717) is 18.9 Å². The highest BCUT2D eigenvalue weighted by atomic mass is 19.3. The molecule has 1 spiro atoms. The summed E-state index contributed by atoms with van der Waals surface area (Å²) in [6, 6.07) is 10.9. The molecule has 2 unspecified atom stereocenters. The highest BCUT2D eigenvalue weighted by Gasteiger charge is 2.62. The highest BCUT2D eigenvalue weighted by Crippen LogP contribution is 2.64. The molecule has 3 aliphatic rings. The number of nitrogens with zero attached hydrogens (tertiary/aromatic N) is 1. The van der Waals surface area contributed by atoms with Crippen molar-refractivity contribution in [1.82, 2.24) is 10.2 Å². The maximum absolute atomic E-state index is 13.1. The summed E-state index contributed by atoms with van der Waals surface area (Å²) in [5.74, 6) is -2.47. The zero-order chi connectivity index (χ0) is 17.7. The lowest BCUT2D eigenvalue weighted by molar-refractivity contribution is -0.207. The van der Waals surface area contributed by atoms with Crippen molar-refractivity contribution in [3.05, 3.63) is 35.9 Å². The standard InChI is InChI=1S/C20H26F2N2O/c1-14(15-5-3-2-4-6-15)24-8-7-17(11-24)23-18(25)16-9-19(10-16)12-20(21,22)13-19/h2-6,14,16-17H,7-13H2,1H3,(H,23,25). The van der Waals surface area contributed by atoms with Gasteiger partial charge in [0.2, 0.25) is 11.8 Å². The summed E-state index contributed by atoms with van der Waals surface area (Å²) in [4.78, 5) is 14.8. The van der Waals surface area contributed by atoms with Gasteiger partial charge in [-0.3, -0.25) is 9.69 Å². The monoisotopic (exact) mass is 348 g/mol. The summed E-state index contributed by atoms with van der Waals surface area (Å²) in [5.41, 5.74) is 1.07. The van der Waals surface area contributed by atoms with Crippen LogP contribution in [-0.2, 0) is 4.79 Å². The van der Waals surface area contributed by atoms with Crippen LogP contribution in [0, 0.1) is 11.3 Å². The molecule has 2 aliphatic carbocycles. The van der Waals surface area contributed by atoms with Crippen LogP contribution in [-0.4, -0.2) is 35.9 Å². The van der Waals surface area contributed by atoms with Crippen LogP contribution in [0.1, 0.15) is 50.6 Å². The third-order valence-electron chi connectivity index (χ3n) is 6.39. The Labute approximate surface area is 147 Å². The minimum atomic E-state index is -2.49. The molecule has 3 nitrogen and oxygen atoms in total. The van der Waals surface area contributed by atoms with Crippen molar-refractivity contribution in [1.29, 1.82) is 0 Å². The first-order valence-corrected chi connectivity index (χ1v) is 9.33. The normalized spacial score (nSPS) is 29.0. The predicted octanol–water partition coefficient (Wildman–Crippen LogP) is 3.76. The highest BCUT2D eigenvalue weighted by molar-refractivity contribution is 5.80. The van der Waals surface area contributed by atoms with E-state index in [1.54, 1.807) is 0 Å². The van der Waals surface area contributed by atoms with Gasteiger partial charge in [0.15, 0.2) is 0 Å². The number of carbonyl (C=O) groups excluding carboxylic acids is 1. The molecule has 3 fully saturated rings. The van der Waals surface area contributed by atoms with Crippen molar-refractivity contribution < 1.29 is 13.6 Å². The molecule has 1 aromatic carbocycles. The van der Waals surface area contributed by atoms with Crippen LogP contribution in [0.4, 0.5) is 8.78 Å². The molecule has 25 heavy (non-hydrogen) atoms. The van der Waals surface area contributed by atoms with Crippen molar-refractivity contribution in [3.63, 3.8) is 0 Å². The van der Waals surface area contributed by atoms with Crippen LogP contribution in [0.3, 0.4) is 0 Å². The Morgan fingerprint density at radius 2 is 1.92 bits per heavy atom. The number of halogens is 2. The van der Waals surface area contributed by atoms with E-state index in [9.17, 15) is 13.6 Å². The number of hydrogen-bond donors (Lipinski definition) is 1. The Hall–Kier alpha value is -1.49. The molecule has 2 saturated carbocycles. The summed E-state index contributed by atoms with van der Waals surface area (Å²) < 4.78 is 26.1. The number of amides is 1. The molecular formula is C20H26F2N2O. The molecule has 1 saturated heterocycles. The summed E-state index contributed by atoms with van der Waals surface area (Å²) in [7, 11) is 0. The summed E-state index contributed by atoms with van der Waals surface area (Å²) in [6.07, 6.45) is 2.21. The van der Waals surface area contributed by atoms with E-state index >= 15 is 0 Å². The zero-order valence-corrected chi connectivity index (χ0v) is 14.7. The Morgan fingerprint density at radius 1 is 1.24 bits per heavy atom. The van der Waals surface area contributed by atoms with Gasteiger partial charge in [-0.1, -0.05) is 30.3 Å². The summed E-state index contributed by atoms with van der Waals surface area (Å²) in [6.45, 7) is 4.03. The maximum atomic E-state index is 13.1. The summed E-state index contributed by atoms with van der Waals surface area (Å²) >= 11 is 0. The number of alkyl halides is 2. The molecule has 1 heterocycles. The molecule has 0 radical (unpaired) electrons. The lowest BCUT2D eigenvalue weighted by Crippen LogP contribution is -2.57. The van der Waals surface area contributed by atoms with E-state index in [0.717, 1.165) is 19.5 Å². The van der Waals surface area contributed by atoms with E-state index in [1.165, 1.54) is 5.56 Å². The average molecular weight is 348 g/mol. The van der Waals surface area contributed by atoms with Crippen molar-refractivity contribution >= 4 is 5.91 Å². The van der Waals surface area contributed by atoms with Gasteiger partial charge in [0.25, 0.3) is 0 Å². The topological polar surface area (TPSA) is 32.3 Å². The molecule has 2 atom stereocenters. The van der Waals surface area contributed by atoms with E-state index in [-0.39, 0.29) is 36.1 Å². The summed E-state index contributed by atoms with van der Waals surface area (Å²) in [5, 5.41) is 3.16. The number of carbonyl (C=O) groups is 1. The average Bonchev–Trinajstić information content (AvgIpc) is 2.98. The van der Waals surface area contributed by atoms with Crippen LogP contribution >= 0.6 is 0 Å². The van der Waals surface area contributed by atoms with Crippen LogP contribution < -0.4 is 5.32 Å². The fourth-order valence-electron chi connectivity index (χ4n) is 5.02. The smallest absolute Gasteiger partial charge is 0.249 e. The fraction of sp³-hybridized carbons (Fsp3) is 0.650. The molecule has 4 rings (SSSR count). The van der Waals surface area contributed by atoms with E-state index in [4.69, 9.17) is 0 Å². The van der Waals surface area contributed by atoms with Gasteiger partial charge in [-0.15, -0.1) is 0 Å². The SMILES string of the molecule is CC(c1ccccc1)N1CCC(NC(=O)C2CC3(C2)CC(F)(F)C3)C1. The molecule has 0 bridgehead atoms. The van der Waals surface area contributed by atoms with Gasteiger partial charge in [0.05, 0.1) is 0 Å². The van der Waals surface area contributed by atoms with Gasteiger partial charge < -0.3 is 5.32 Å². The number of benzene rings is 1. The first-order valence-electron chi connectivity index (χ1n) is 9.33. The van der Waals surface area contributed by atoms with Gasteiger partial charge in [0.1, 0.15) is 0 Å². The first-order chi connectivity index (χ1) is 11.9. The Balaban J connectivity index is 1.24. The molecule has 1 aromatic rings. The second kappa shape index (κ2) is 6.04. The molecule has 1 aliphatic heterocycles. The molecule has 5 heteroatoms. The third kappa shape index (κ3) is 3.31. The lowest BCUT2D eigenvalue weighted by Gasteiger charge is -2.56. The predicted molar refractivity (Wildman–Crippen MR) is 92.3 cm³/mol. The minimum absolute atomic E-state index is 0.0183. The number of likely N-dealkylation sites (tertiary alicyclic amines) is 1. The Bertz CT molecular complexity index is 632. The Morgan fingerprint density at radius 3 is 2.56 bits per heavy atom. The third-order valence-corrected chi connectivity index (χ3v) is 6.39. The van der Waals surface area contributed by atoms with Crippen molar-refractivity contribution in [2.75, 3.05) is 13.1 Å². The lowest BCUT2D eigenvalue weighted by atomic mass is 9.50. The van der Waals surface area contributed by atoms with Crippen LogP contribution in [0.15, 0.2) is 30.3 Å². The van der Waals surface area contributed by atoms with Crippen LogP contribution in [0.5, 0.6) is 0 Å². The molecule has 0 aromatic heterocycles. The maximum Gasteiger partial charge on any atom is 0.249 e. The number of rotatable bonds is 4. The van der Waals surface area contributed by atoms with Gasteiger partial charge in [-0.2, -0.15) is 0 Å². The van der Waals surface area contributed by atoms with Gasteiger partial charge in [0, 0.05) is 43.9 Å². The van der Waals surface area contributed by atoms with Gasteiger partial charge in [-0.05, 0) is 37.2 Å². The second-order valence-electron chi connectivity index (χ2n) is 8.39. The van der Waals surface area contributed by atoms with E-state index in [2.05, 4.69) is 41.4 Å². The quantitative estimate of drug-likeness (QED) is 0.898. The van der Waals surface area contributed by atoms with E-state index in [1.807, 2.05) is 6.07 Å². The van der Waals surface area contributed by atoms with Crippen molar-refractivity contribution in [2.45, 2.75) is 57.0 Å². The number of hydrogen-bond acceptors (Lipinski definition) is 2. The Kier molecular flexibility index (Phi) is 4.10. The first kappa shape index (κ1) is 17.0. The van der Waals surface area contributed by atoms with Crippen LogP contribution in [0.25, 0.3) is 0 Å². The molecule has 1 amide bonds. The van der Waals surface area contributed by atoms with Crippen LogP contribution in [0.2, 0.25) is 0 Å². The fourth-order valence-corrected chi connectivity index (χ4v) is 5.02. The van der Waals surface area contributed by atoms with Gasteiger partial charge in [-0.25, -0.2) is 8.78 Å². The molecule has 136 valence electrons. The minimum Gasteiger partial charge on any atom is -0.352 e. The zero-order valence-electron chi connectivity index (χ0n) is 14.7.